The summed E-state index contributed by atoms with van der Waals surface area (Å²) >= 11 is 7.32. The molecule has 0 unspecified atom stereocenters. The molecule has 37 heavy (non-hydrogen) atoms. The average molecular weight is 552 g/mol. The highest BCUT2D eigenvalue weighted by atomic mass is 35.5. The summed E-state index contributed by atoms with van der Waals surface area (Å²) in [7, 11) is -3.91. The van der Waals surface area contributed by atoms with Gasteiger partial charge in [-0.1, -0.05) is 41.9 Å². The number of hydrogen-bond acceptors (Lipinski definition) is 5. The van der Waals surface area contributed by atoms with E-state index in [-0.39, 0.29) is 17.1 Å². The summed E-state index contributed by atoms with van der Waals surface area (Å²) in [6.45, 7) is 0.464. The Morgan fingerprint density at radius 3 is 2.46 bits per heavy atom. The Bertz CT molecular complexity index is 1670. The van der Waals surface area contributed by atoms with Gasteiger partial charge in [-0.2, -0.15) is 8.42 Å². The fraction of sp³-hybridized carbons (Fsp3) is 0.107. The molecule has 5 aromatic rings. The van der Waals surface area contributed by atoms with Gasteiger partial charge in [0.2, 0.25) is 0 Å². The van der Waals surface area contributed by atoms with Crippen LogP contribution >= 0.6 is 22.9 Å². The highest BCUT2D eigenvalue weighted by Crippen LogP contribution is 2.35. The number of aryl methyl sites for hydroxylation is 1. The second kappa shape index (κ2) is 10.4. The Kier molecular flexibility index (Phi) is 7.06. The molecule has 2 aromatic heterocycles. The van der Waals surface area contributed by atoms with E-state index in [9.17, 15) is 13.2 Å². The van der Waals surface area contributed by atoms with Crippen LogP contribution in [0.15, 0.2) is 95.3 Å². The summed E-state index contributed by atoms with van der Waals surface area (Å²) in [4.78, 5) is 11.9. The fourth-order valence-corrected chi connectivity index (χ4v) is 7.01. The Balaban J connectivity index is 1.40. The molecule has 0 saturated carbocycles. The summed E-state index contributed by atoms with van der Waals surface area (Å²) in [6, 6.07) is 25.7. The third-order valence-electron chi connectivity index (χ3n) is 5.90. The van der Waals surface area contributed by atoms with E-state index in [1.54, 1.807) is 30.3 Å². The third kappa shape index (κ3) is 5.41. The molecule has 0 radical (unpaired) electrons. The quantitative estimate of drug-likeness (QED) is 0.216. The van der Waals surface area contributed by atoms with Crippen molar-refractivity contribution in [1.82, 2.24) is 3.97 Å². The molecule has 0 atom stereocenters. The van der Waals surface area contributed by atoms with Gasteiger partial charge in [0.1, 0.15) is 16.6 Å². The van der Waals surface area contributed by atoms with Gasteiger partial charge in [-0.3, -0.25) is 4.79 Å². The zero-order valence-corrected chi connectivity index (χ0v) is 21.9. The van der Waals surface area contributed by atoms with E-state index in [1.165, 1.54) is 21.5 Å². The standard InChI is InChI=1S/C28H22ClNO5S2/c29-22-9-12-25-24(16-22)21(8-14-27(31)32)17-30(25)37(33,34)28-15-13-26(36-28)20-6-10-23(11-7-20)35-18-19-4-2-1-3-5-19/h1-7,9-13,15-17H,8,14,18H2,(H,31,32). The smallest absolute Gasteiger partial charge is 0.303 e. The van der Waals surface area contributed by atoms with Crippen LogP contribution in [0.25, 0.3) is 21.3 Å². The summed E-state index contributed by atoms with van der Waals surface area (Å²) < 4.78 is 34.5. The molecule has 5 rings (SSSR count). The minimum Gasteiger partial charge on any atom is -0.489 e. The number of fused-ring (bicyclic) bond motifs is 1. The van der Waals surface area contributed by atoms with Crippen molar-refractivity contribution < 1.29 is 23.1 Å². The predicted octanol–water partition coefficient (Wildman–Crippen LogP) is 6.86. The maximum absolute atomic E-state index is 13.6. The molecule has 0 amide bonds. The number of carbonyl (C=O) groups is 1. The Morgan fingerprint density at radius 2 is 1.73 bits per heavy atom. The van der Waals surface area contributed by atoms with Crippen LogP contribution in [-0.4, -0.2) is 23.5 Å². The van der Waals surface area contributed by atoms with Gasteiger partial charge >= 0.3 is 5.97 Å². The predicted molar refractivity (Wildman–Crippen MR) is 146 cm³/mol. The number of aliphatic carboxylic acids is 1. The molecule has 188 valence electrons. The van der Waals surface area contributed by atoms with Crippen molar-refractivity contribution in [3.8, 4) is 16.2 Å². The van der Waals surface area contributed by atoms with Crippen molar-refractivity contribution in [2.24, 2.45) is 0 Å². The maximum Gasteiger partial charge on any atom is 0.303 e. The molecule has 1 N–H and O–H groups in total. The second-order valence-electron chi connectivity index (χ2n) is 8.43. The van der Waals surface area contributed by atoms with Crippen molar-refractivity contribution in [3.05, 3.63) is 107 Å². The number of aromatic nitrogens is 1. The summed E-state index contributed by atoms with van der Waals surface area (Å²) in [5.41, 5.74) is 3.03. The van der Waals surface area contributed by atoms with E-state index < -0.39 is 16.0 Å². The lowest BCUT2D eigenvalue weighted by molar-refractivity contribution is -0.136. The van der Waals surface area contributed by atoms with Gasteiger partial charge in [-0.25, -0.2) is 3.97 Å². The SMILES string of the molecule is O=C(O)CCc1cn(S(=O)(=O)c2ccc(-c3ccc(OCc4ccccc4)cc3)s2)c2ccc(Cl)cc12. The molecule has 0 aliphatic heterocycles. The van der Waals surface area contributed by atoms with Gasteiger partial charge in [0.25, 0.3) is 10.0 Å². The zero-order valence-electron chi connectivity index (χ0n) is 19.5. The van der Waals surface area contributed by atoms with Gasteiger partial charge in [0.15, 0.2) is 0 Å². The van der Waals surface area contributed by atoms with E-state index in [0.717, 1.165) is 21.8 Å². The number of rotatable bonds is 9. The maximum atomic E-state index is 13.6. The van der Waals surface area contributed by atoms with E-state index in [1.807, 2.05) is 54.6 Å². The van der Waals surface area contributed by atoms with Crippen LogP contribution in [-0.2, 0) is 27.8 Å². The molecule has 0 fully saturated rings. The van der Waals surface area contributed by atoms with Gasteiger partial charge in [-0.05, 0) is 77.7 Å². The fourth-order valence-electron chi connectivity index (χ4n) is 4.05. The number of thiophene rings is 1. The van der Waals surface area contributed by atoms with Gasteiger partial charge in [0, 0.05) is 27.9 Å². The molecule has 2 heterocycles. The molecule has 0 saturated heterocycles. The number of carboxylic acids is 1. The van der Waals surface area contributed by atoms with Crippen LogP contribution < -0.4 is 4.74 Å². The van der Waals surface area contributed by atoms with Crippen LogP contribution in [0, 0.1) is 0 Å². The summed E-state index contributed by atoms with van der Waals surface area (Å²) in [6.07, 6.45) is 1.58. The van der Waals surface area contributed by atoms with E-state index in [4.69, 9.17) is 21.4 Å². The summed E-state index contributed by atoms with van der Waals surface area (Å²) in [5.74, 6) is -0.228. The minimum atomic E-state index is -3.91. The van der Waals surface area contributed by atoms with E-state index in [0.29, 0.717) is 28.1 Å². The van der Waals surface area contributed by atoms with Crippen molar-refractivity contribution in [2.45, 2.75) is 23.7 Å². The lowest BCUT2D eigenvalue weighted by atomic mass is 10.1. The molecule has 9 heteroatoms. The van der Waals surface area contributed by atoms with Crippen LogP contribution in [0.5, 0.6) is 5.75 Å². The van der Waals surface area contributed by atoms with Gasteiger partial charge in [-0.15, -0.1) is 11.3 Å². The number of hydrogen-bond donors (Lipinski definition) is 1. The molecule has 6 nitrogen and oxygen atoms in total. The Labute approximate surface area is 223 Å². The lowest BCUT2D eigenvalue weighted by Gasteiger charge is -2.07. The zero-order chi connectivity index (χ0) is 26.0. The highest BCUT2D eigenvalue weighted by Gasteiger charge is 2.24. The molecule has 0 spiro atoms. The van der Waals surface area contributed by atoms with Crippen molar-refractivity contribution in [2.75, 3.05) is 0 Å². The van der Waals surface area contributed by atoms with Crippen molar-refractivity contribution >= 4 is 49.8 Å². The highest BCUT2D eigenvalue weighted by molar-refractivity contribution is 7.92. The molecule has 0 aliphatic rings. The molecule has 0 bridgehead atoms. The Morgan fingerprint density at radius 1 is 0.973 bits per heavy atom. The van der Waals surface area contributed by atoms with Crippen LogP contribution in [0.1, 0.15) is 17.5 Å². The van der Waals surface area contributed by atoms with Crippen LogP contribution in [0.4, 0.5) is 0 Å². The monoisotopic (exact) mass is 551 g/mol. The first-order valence-electron chi connectivity index (χ1n) is 11.4. The molecule has 0 aliphatic carbocycles. The van der Waals surface area contributed by atoms with Crippen LogP contribution in [0.3, 0.4) is 0 Å². The average Bonchev–Trinajstić information content (AvgIpc) is 3.53. The minimum absolute atomic E-state index is 0.111. The van der Waals surface area contributed by atoms with Crippen molar-refractivity contribution in [1.29, 1.82) is 0 Å². The largest absolute Gasteiger partial charge is 0.489 e. The van der Waals surface area contributed by atoms with Crippen molar-refractivity contribution in [3.63, 3.8) is 0 Å². The number of carboxylic acid groups (broad SMARTS) is 1. The lowest BCUT2D eigenvalue weighted by Crippen LogP contribution is -2.10. The first-order chi connectivity index (χ1) is 17.8. The first-order valence-corrected chi connectivity index (χ1v) is 14.1. The van der Waals surface area contributed by atoms with E-state index >= 15 is 0 Å². The first kappa shape index (κ1) is 25.1. The number of ether oxygens (including phenoxy) is 1. The van der Waals surface area contributed by atoms with Gasteiger partial charge < -0.3 is 9.84 Å². The normalized spacial score (nSPS) is 11.6. The molecular weight excluding hydrogens is 530 g/mol. The second-order valence-corrected chi connectivity index (χ2v) is 12.0. The molecule has 3 aromatic carbocycles. The van der Waals surface area contributed by atoms with Gasteiger partial charge in [0.05, 0.1) is 5.52 Å². The molecular formula is C28H22ClNO5S2. The summed E-state index contributed by atoms with van der Waals surface area (Å²) in [5, 5.41) is 10.2. The van der Waals surface area contributed by atoms with Crippen LogP contribution in [0.2, 0.25) is 5.02 Å². The number of halogens is 1. The number of nitrogens with zero attached hydrogens (tertiary/aromatic N) is 1. The third-order valence-corrected chi connectivity index (χ3v) is 9.42. The topological polar surface area (TPSA) is 85.6 Å². The number of benzene rings is 3. The van der Waals surface area contributed by atoms with E-state index in [2.05, 4.69) is 0 Å². The Hall–Kier alpha value is -3.59.